The molecule has 0 aliphatic heterocycles. The molecule has 2 aromatic rings. The first kappa shape index (κ1) is 15.7. The van der Waals surface area contributed by atoms with Crippen LogP contribution in [-0.4, -0.2) is 43.1 Å². The molecular formula is C17H26N4. The molecule has 1 aromatic carbocycles. The van der Waals surface area contributed by atoms with Gasteiger partial charge in [0.05, 0.1) is 11.2 Å². The molecule has 1 unspecified atom stereocenters. The summed E-state index contributed by atoms with van der Waals surface area (Å²) in [5.41, 5.74) is 9.33. The molecule has 1 heterocycles. The SMILES string of the molecule is CCN(c1c(CN)cnc2ccccc12)C(C)CN(C)C. The summed E-state index contributed by atoms with van der Waals surface area (Å²) in [6.45, 7) is 6.93. The molecule has 0 aliphatic rings. The highest BCUT2D eigenvalue weighted by Crippen LogP contribution is 2.30. The fourth-order valence-electron chi connectivity index (χ4n) is 2.97. The maximum Gasteiger partial charge on any atom is 0.0723 e. The number of para-hydroxylation sites is 1. The number of benzene rings is 1. The molecule has 0 aliphatic carbocycles. The van der Waals surface area contributed by atoms with Crippen LogP contribution in [0.1, 0.15) is 19.4 Å². The monoisotopic (exact) mass is 286 g/mol. The largest absolute Gasteiger partial charge is 0.367 e. The maximum atomic E-state index is 5.96. The molecule has 1 aromatic heterocycles. The number of nitrogens with two attached hydrogens (primary N) is 1. The van der Waals surface area contributed by atoms with Gasteiger partial charge in [-0.25, -0.2) is 0 Å². The third-order valence-electron chi connectivity index (χ3n) is 3.83. The Morgan fingerprint density at radius 1 is 1.24 bits per heavy atom. The predicted octanol–water partition coefficient (Wildman–Crippen LogP) is 2.47. The molecule has 0 saturated heterocycles. The van der Waals surface area contributed by atoms with Gasteiger partial charge in [-0.3, -0.25) is 4.98 Å². The number of fused-ring (bicyclic) bond motifs is 1. The first-order chi connectivity index (χ1) is 10.1. The molecule has 4 heteroatoms. The van der Waals surface area contributed by atoms with E-state index in [4.69, 9.17) is 5.73 Å². The molecule has 2 N–H and O–H groups in total. The topological polar surface area (TPSA) is 45.4 Å². The van der Waals surface area contributed by atoms with Gasteiger partial charge >= 0.3 is 0 Å². The van der Waals surface area contributed by atoms with Crippen molar-refractivity contribution in [3.05, 3.63) is 36.0 Å². The second-order valence-electron chi connectivity index (χ2n) is 5.75. The van der Waals surface area contributed by atoms with Gasteiger partial charge in [0, 0.05) is 42.8 Å². The van der Waals surface area contributed by atoms with Crippen molar-refractivity contribution in [2.45, 2.75) is 26.4 Å². The van der Waals surface area contributed by atoms with E-state index in [1.165, 1.54) is 11.1 Å². The van der Waals surface area contributed by atoms with Crippen LogP contribution in [0, 0.1) is 0 Å². The van der Waals surface area contributed by atoms with Crippen LogP contribution in [0.3, 0.4) is 0 Å². The molecule has 0 bridgehead atoms. The first-order valence-corrected chi connectivity index (χ1v) is 7.56. The fourth-order valence-corrected chi connectivity index (χ4v) is 2.97. The van der Waals surface area contributed by atoms with Gasteiger partial charge in [0.15, 0.2) is 0 Å². The molecule has 2 rings (SSSR count). The molecule has 0 saturated carbocycles. The Morgan fingerprint density at radius 2 is 1.95 bits per heavy atom. The first-order valence-electron chi connectivity index (χ1n) is 7.56. The highest BCUT2D eigenvalue weighted by atomic mass is 15.2. The molecule has 0 spiro atoms. The van der Waals surface area contributed by atoms with Crippen LogP contribution in [0.25, 0.3) is 10.9 Å². The molecule has 0 fully saturated rings. The lowest BCUT2D eigenvalue weighted by molar-refractivity contribution is 0.373. The Bertz CT molecular complexity index is 594. The quantitative estimate of drug-likeness (QED) is 0.886. The van der Waals surface area contributed by atoms with E-state index < -0.39 is 0 Å². The van der Waals surface area contributed by atoms with Crippen molar-refractivity contribution in [2.24, 2.45) is 5.73 Å². The lowest BCUT2D eigenvalue weighted by Crippen LogP contribution is -2.40. The zero-order valence-electron chi connectivity index (χ0n) is 13.5. The molecule has 21 heavy (non-hydrogen) atoms. The Morgan fingerprint density at radius 3 is 2.57 bits per heavy atom. The summed E-state index contributed by atoms with van der Waals surface area (Å²) in [5.74, 6) is 0. The number of hydrogen-bond donors (Lipinski definition) is 1. The molecule has 4 nitrogen and oxygen atoms in total. The van der Waals surface area contributed by atoms with Gasteiger partial charge in [-0.2, -0.15) is 0 Å². The number of likely N-dealkylation sites (N-methyl/N-ethyl adjacent to an activating group) is 2. The normalized spacial score (nSPS) is 12.9. The highest BCUT2D eigenvalue weighted by molar-refractivity contribution is 5.93. The van der Waals surface area contributed by atoms with Crippen LogP contribution < -0.4 is 10.6 Å². The minimum atomic E-state index is 0.418. The highest BCUT2D eigenvalue weighted by Gasteiger charge is 2.19. The van der Waals surface area contributed by atoms with Crippen molar-refractivity contribution in [1.82, 2.24) is 9.88 Å². The molecule has 0 amide bonds. The summed E-state index contributed by atoms with van der Waals surface area (Å²) in [4.78, 5) is 9.19. The van der Waals surface area contributed by atoms with E-state index in [-0.39, 0.29) is 0 Å². The van der Waals surface area contributed by atoms with Crippen molar-refractivity contribution in [3.8, 4) is 0 Å². The van der Waals surface area contributed by atoms with Crippen molar-refractivity contribution in [1.29, 1.82) is 0 Å². The Kier molecular flexibility index (Phi) is 5.15. The summed E-state index contributed by atoms with van der Waals surface area (Å²) in [6.07, 6.45) is 1.92. The van der Waals surface area contributed by atoms with Crippen molar-refractivity contribution in [2.75, 3.05) is 32.1 Å². The second kappa shape index (κ2) is 6.87. The van der Waals surface area contributed by atoms with Gasteiger partial charge in [-0.15, -0.1) is 0 Å². The number of rotatable bonds is 6. The van der Waals surface area contributed by atoms with E-state index in [1.54, 1.807) is 0 Å². The number of hydrogen-bond acceptors (Lipinski definition) is 4. The standard InChI is InChI=1S/C17H26N4/c1-5-21(13(2)12-20(3)4)17-14(10-18)11-19-16-9-7-6-8-15(16)17/h6-9,11,13H,5,10,12,18H2,1-4H3. The lowest BCUT2D eigenvalue weighted by Gasteiger charge is -2.34. The van der Waals surface area contributed by atoms with Crippen LogP contribution >= 0.6 is 0 Å². The third-order valence-corrected chi connectivity index (χ3v) is 3.83. The van der Waals surface area contributed by atoms with Crippen LogP contribution in [-0.2, 0) is 6.54 Å². The van der Waals surface area contributed by atoms with Crippen molar-refractivity contribution >= 4 is 16.6 Å². The molecular weight excluding hydrogens is 260 g/mol. The Balaban J connectivity index is 2.55. The van der Waals surface area contributed by atoms with Crippen molar-refractivity contribution in [3.63, 3.8) is 0 Å². The van der Waals surface area contributed by atoms with Gasteiger partial charge in [-0.05, 0) is 34.0 Å². The van der Waals surface area contributed by atoms with Gasteiger partial charge in [-0.1, -0.05) is 18.2 Å². The van der Waals surface area contributed by atoms with E-state index in [9.17, 15) is 0 Å². The van der Waals surface area contributed by atoms with Crippen LogP contribution in [0.2, 0.25) is 0 Å². The van der Waals surface area contributed by atoms with Crippen molar-refractivity contribution < 1.29 is 0 Å². The van der Waals surface area contributed by atoms with Gasteiger partial charge in [0.25, 0.3) is 0 Å². The van der Waals surface area contributed by atoms with Gasteiger partial charge < -0.3 is 15.5 Å². The van der Waals surface area contributed by atoms with Crippen LogP contribution in [0.4, 0.5) is 5.69 Å². The summed E-state index contributed by atoms with van der Waals surface area (Å²) in [5, 5.41) is 1.19. The van der Waals surface area contributed by atoms with Crippen LogP contribution in [0.15, 0.2) is 30.5 Å². The van der Waals surface area contributed by atoms with Gasteiger partial charge in [0.2, 0.25) is 0 Å². The average Bonchev–Trinajstić information content (AvgIpc) is 2.47. The summed E-state index contributed by atoms with van der Waals surface area (Å²) >= 11 is 0. The Labute approximate surface area is 127 Å². The van der Waals surface area contributed by atoms with E-state index in [1.807, 2.05) is 12.3 Å². The summed E-state index contributed by atoms with van der Waals surface area (Å²) in [6, 6.07) is 8.71. The average molecular weight is 286 g/mol. The van der Waals surface area contributed by atoms with E-state index in [0.717, 1.165) is 24.2 Å². The van der Waals surface area contributed by atoms with E-state index >= 15 is 0 Å². The molecule has 114 valence electrons. The second-order valence-corrected chi connectivity index (χ2v) is 5.75. The fraction of sp³-hybridized carbons (Fsp3) is 0.471. The number of anilines is 1. The number of pyridine rings is 1. The van der Waals surface area contributed by atoms with E-state index in [2.05, 4.69) is 60.9 Å². The Hall–Kier alpha value is -1.65. The van der Waals surface area contributed by atoms with E-state index in [0.29, 0.717) is 12.6 Å². The smallest absolute Gasteiger partial charge is 0.0723 e. The maximum absolute atomic E-state index is 5.96. The number of nitrogens with zero attached hydrogens (tertiary/aromatic N) is 3. The third kappa shape index (κ3) is 3.34. The summed E-state index contributed by atoms with van der Waals surface area (Å²) in [7, 11) is 4.22. The minimum absolute atomic E-state index is 0.418. The zero-order chi connectivity index (χ0) is 15.4. The van der Waals surface area contributed by atoms with Crippen LogP contribution in [0.5, 0.6) is 0 Å². The predicted molar refractivity (Wildman–Crippen MR) is 90.7 cm³/mol. The molecule has 1 atom stereocenters. The summed E-state index contributed by atoms with van der Waals surface area (Å²) < 4.78 is 0. The number of aromatic nitrogens is 1. The van der Waals surface area contributed by atoms with Gasteiger partial charge in [0.1, 0.15) is 0 Å². The lowest BCUT2D eigenvalue weighted by atomic mass is 10.1. The minimum Gasteiger partial charge on any atom is -0.367 e. The molecule has 0 radical (unpaired) electrons. The zero-order valence-corrected chi connectivity index (χ0v) is 13.5.